The van der Waals surface area contributed by atoms with Crippen molar-refractivity contribution in [1.29, 1.82) is 0 Å². The fourth-order valence-electron chi connectivity index (χ4n) is 1.85. The van der Waals surface area contributed by atoms with E-state index in [0.717, 1.165) is 0 Å². The van der Waals surface area contributed by atoms with Gasteiger partial charge >= 0.3 is 6.01 Å². The maximum Gasteiger partial charge on any atom is 0.315 e. The third-order valence-electron chi connectivity index (χ3n) is 2.79. The first-order chi connectivity index (χ1) is 9.35. The van der Waals surface area contributed by atoms with Gasteiger partial charge in [0.05, 0.1) is 0 Å². The van der Waals surface area contributed by atoms with Crippen molar-refractivity contribution in [3.63, 3.8) is 0 Å². The molecule has 0 fully saturated rings. The van der Waals surface area contributed by atoms with Gasteiger partial charge in [0, 0.05) is 24.2 Å². The number of anilines is 1. The first kappa shape index (κ1) is 14.8. The van der Waals surface area contributed by atoms with Crippen molar-refractivity contribution in [2.24, 2.45) is 5.73 Å². The molecule has 2 aromatic heterocycles. The van der Waals surface area contributed by atoms with Crippen LogP contribution in [0.4, 0.5) is 6.01 Å². The number of nitrogens with zero attached hydrogens (tertiary/aromatic N) is 2. The Hall–Kier alpha value is -1.63. The lowest BCUT2D eigenvalue weighted by atomic mass is 10.2. The SMILES string of the molecule is Cl.NCCc1nnc(NCc2ccc3sccc3c2)o1. The van der Waals surface area contributed by atoms with Gasteiger partial charge in [0.2, 0.25) is 5.89 Å². The van der Waals surface area contributed by atoms with Crippen molar-refractivity contribution in [2.45, 2.75) is 13.0 Å². The highest BCUT2D eigenvalue weighted by atomic mass is 35.5. The standard InChI is InChI=1S/C13H14N4OS.ClH/c14-5-3-12-16-17-13(18-12)15-8-9-1-2-11-10(7-9)4-6-19-11;/h1-2,4,6-7H,3,5,8,14H2,(H,15,17);1H. The highest BCUT2D eigenvalue weighted by Gasteiger charge is 2.05. The number of fused-ring (bicyclic) bond motifs is 1. The Morgan fingerprint density at radius 3 is 3.00 bits per heavy atom. The average Bonchev–Trinajstić information content (AvgIpc) is 3.04. The molecule has 0 aliphatic carbocycles. The van der Waals surface area contributed by atoms with E-state index >= 15 is 0 Å². The lowest BCUT2D eigenvalue weighted by molar-refractivity contribution is 0.505. The van der Waals surface area contributed by atoms with Crippen LogP contribution < -0.4 is 11.1 Å². The molecule has 3 N–H and O–H groups in total. The second kappa shape index (κ2) is 6.69. The molecule has 106 valence electrons. The summed E-state index contributed by atoms with van der Waals surface area (Å²) >= 11 is 1.75. The topological polar surface area (TPSA) is 77.0 Å². The quantitative estimate of drug-likeness (QED) is 0.757. The summed E-state index contributed by atoms with van der Waals surface area (Å²) in [5, 5.41) is 14.3. The van der Waals surface area contributed by atoms with Gasteiger partial charge in [-0.25, -0.2) is 0 Å². The molecule has 0 amide bonds. The van der Waals surface area contributed by atoms with Crippen LogP contribution in [-0.4, -0.2) is 16.7 Å². The largest absolute Gasteiger partial charge is 0.408 e. The molecule has 0 unspecified atom stereocenters. The van der Waals surface area contributed by atoms with Crippen LogP contribution in [0.15, 0.2) is 34.1 Å². The number of aromatic nitrogens is 2. The Morgan fingerprint density at radius 2 is 2.15 bits per heavy atom. The lowest BCUT2D eigenvalue weighted by Crippen LogP contribution is -2.02. The fraction of sp³-hybridized carbons (Fsp3) is 0.231. The predicted molar refractivity (Wildman–Crippen MR) is 83.5 cm³/mol. The van der Waals surface area contributed by atoms with E-state index in [9.17, 15) is 0 Å². The van der Waals surface area contributed by atoms with Crippen molar-refractivity contribution in [2.75, 3.05) is 11.9 Å². The zero-order valence-corrected chi connectivity index (χ0v) is 12.3. The fourth-order valence-corrected chi connectivity index (χ4v) is 2.62. The average molecular weight is 311 g/mol. The van der Waals surface area contributed by atoms with Crippen LogP contribution in [0, 0.1) is 0 Å². The van der Waals surface area contributed by atoms with E-state index in [2.05, 4.69) is 45.2 Å². The molecule has 0 aliphatic heterocycles. The molecule has 0 saturated carbocycles. The molecule has 5 nitrogen and oxygen atoms in total. The first-order valence-electron chi connectivity index (χ1n) is 6.07. The van der Waals surface area contributed by atoms with Gasteiger partial charge in [0.25, 0.3) is 0 Å². The molecule has 0 aliphatic rings. The number of benzene rings is 1. The number of rotatable bonds is 5. The van der Waals surface area contributed by atoms with Crippen LogP contribution in [0.25, 0.3) is 10.1 Å². The highest BCUT2D eigenvalue weighted by Crippen LogP contribution is 2.22. The van der Waals surface area contributed by atoms with Crippen LogP contribution in [-0.2, 0) is 13.0 Å². The van der Waals surface area contributed by atoms with Gasteiger partial charge in [0.1, 0.15) is 0 Å². The third kappa shape index (κ3) is 3.27. The van der Waals surface area contributed by atoms with Crippen LogP contribution in [0.5, 0.6) is 0 Å². The van der Waals surface area contributed by atoms with Crippen molar-refractivity contribution >= 4 is 39.8 Å². The molecule has 1 aromatic carbocycles. The molecule has 0 saturated heterocycles. The molecule has 0 bridgehead atoms. The monoisotopic (exact) mass is 310 g/mol. The van der Waals surface area contributed by atoms with Gasteiger partial charge in [-0.3, -0.25) is 0 Å². The molecule has 3 rings (SSSR count). The van der Waals surface area contributed by atoms with Gasteiger partial charge in [-0.05, 0) is 34.5 Å². The number of nitrogens with two attached hydrogens (primary N) is 1. The summed E-state index contributed by atoms with van der Waals surface area (Å²) in [4.78, 5) is 0. The van der Waals surface area contributed by atoms with Crippen molar-refractivity contribution in [1.82, 2.24) is 10.2 Å². The number of halogens is 1. The predicted octanol–water partition coefficient (Wildman–Crippen LogP) is 2.82. The second-order valence-electron chi connectivity index (χ2n) is 4.19. The second-order valence-corrected chi connectivity index (χ2v) is 5.13. The maximum atomic E-state index is 5.43. The first-order valence-corrected chi connectivity index (χ1v) is 6.95. The summed E-state index contributed by atoms with van der Waals surface area (Å²) in [6, 6.07) is 8.95. The third-order valence-corrected chi connectivity index (χ3v) is 3.68. The summed E-state index contributed by atoms with van der Waals surface area (Å²) in [7, 11) is 0. The minimum Gasteiger partial charge on any atom is -0.408 e. The van der Waals surface area contributed by atoms with Crippen LogP contribution >= 0.6 is 23.7 Å². The number of thiophene rings is 1. The minimum atomic E-state index is 0. The zero-order chi connectivity index (χ0) is 13.1. The van der Waals surface area contributed by atoms with E-state index in [1.54, 1.807) is 11.3 Å². The molecule has 0 atom stereocenters. The van der Waals surface area contributed by atoms with Crippen molar-refractivity contribution in [3.05, 3.63) is 41.1 Å². The maximum absolute atomic E-state index is 5.43. The number of nitrogens with one attached hydrogen (secondary N) is 1. The Balaban J connectivity index is 0.00000147. The van der Waals surface area contributed by atoms with Gasteiger partial charge in [-0.1, -0.05) is 11.2 Å². The molecular weight excluding hydrogens is 296 g/mol. The number of hydrogen-bond acceptors (Lipinski definition) is 6. The Bertz CT molecular complexity index is 682. The summed E-state index contributed by atoms with van der Waals surface area (Å²) in [6.45, 7) is 1.17. The number of hydrogen-bond donors (Lipinski definition) is 2. The lowest BCUT2D eigenvalue weighted by Gasteiger charge is -2.01. The summed E-state index contributed by atoms with van der Waals surface area (Å²) in [5.74, 6) is 0.568. The molecule has 0 radical (unpaired) electrons. The van der Waals surface area contributed by atoms with Crippen LogP contribution in [0.2, 0.25) is 0 Å². The normalized spacial score (nSPS) is 10.4. The smallest absolute Gasteiger partial charge is 0.315 e. The summed E-state index contributed by atoms with van der Waals surface area (Å²) < 4.78 is 6.70. The Kier molecular flexibility index (Phi) is 4.94. The van der Waals surface area contributed by atoms with E-state index in [1.807, 2.05) is 0 Å². The van der Waals surface area contributed by atoms with E-state index in [-0.39, 0.29) is 12.4 Å². The van der Waals surface area contributed by atoms with Gasteiger partial charge < -0.3 is 15.5 Å². The van der Waals surface area contributed by atoms with E-state index < -0.39 is 0 Å². The van der Waals surface area contributed by atoms with Crippen molar-refractivity contribution in [3.8, 4) is 0 Å². The van der Waals surface area contributed by atoms with Gasteiger partial charge in [0.15, 0.2) is 0 Å². The zero-order valence-electron chi connectivity index (χ0n) is 10.7. The van der Waals surface area contributed by atoms with Crippen LogP contribution in [0.3, 0.4) is 0 Å². The summed E-state index contributed by atoms with van der Waals surface area (Å²) in [6.07, 6.45) is 0.607. The van der Waals surface area contributed by atoms with E-state index in [0.29, 0.717) is 31.4 Å². The van der Waals surface area contributed by atoms with E-state index in [1.165, 1.54) is 15.6 Å². The van der Waals surface area contributed by atoms with E-state index in [4.69, 9.17) is 10.2 Å². The molecule has 20 heavy (non-hydrogen) atoms. The molecule has 7 heteroatoms. The summed E-state index contributed by atoms with van der Waals surface area (Å²) in [5.41, 5.74) is 6.61. The molecule has 0 spiro atoms. The van der Waals surface area contributed by atoms with Gasteiger partial charge in [-0.15, -0.1) is 28.8 Å². The highest BCUT2D eigenvalue weighted by molar-refractivity contribution is 7.17. The van der Waals surface area contributed by atoms with Gasteiger partial charge in [-0.2, -0.15) is 0 Å². The van der Waals surface area contributed by atoms with Crippen LogP contribution in [0.1, 0.15) is 11.5 Å². The molecular formula is C13H15ClN4OS. The Morgan fingerprint density at radius 1 is 1.25 bits per heavy atom. The Labute approximate surface area is 126 Å². The molecule has 2 heterocycles. The van der Waals surface area contributed by atoms with Crippen molar-refractivity contribution < 1.29 is 4.42 Å². The minimum absolute atomic E-state index is 0. The molecule has 3 aromatic rings.